The number of amides is 1. The lowest BCUT2D eigenvalue weighted by atomic mass is 10.0. The van der Waals surface area contributed by atoms with Crippen LogP contribution in [0.25, 0.3) is 0 Å². The summed E-state index contributed by atoms with van der Waals surface area (Å²) in [5, 5.41) is 3.80. The molecule has 2 aromatic rings. The largest absolute Gasteiger partial charge is 0.390 e. The lowest BCUT2D eigenvalue weighted by Gasteiger charge is -2.29. The number of rotatable bonds is 3. The summed E-state index contributed by atoms with van der Waals surface area (Å²) in [7, 11) is 0. The van der Waals surface area contributed by atoms with Crippen LogP contribution in [-0.2, 0) is 13.0 Å². The minimum Gasteiger partial charge on any atom is -0.308 e. The fourth-order valence-electron chi connectivity index (χ4n) is 2.75. The first-order valence-electron chi connectivity index (χ1n) is 7.53. The number of hydrogen-bond acceptors (Lipinski definition) is 2. The molecule has 1 amide bonds. The van der Waals surface area contributed by atoms with Crippen molar-refractivity contribution in [1.29, 1.82) is 0 Å². The number of alkyl halides is 3. The number of aromatic nitrogens is 2. The van der Waals surface area contributed by atoms with Crippen molar-refractivity contribution >= 4 is 11.6 Å². The summed E-state index contributed by atoms with van der Waals surface area (Å²) in [4.78, 5) is 14.1. The predicted molar refractivity (Wildman–Crippen MR) is 79.3 cm³/mol. The van der Waals surface area contributed by atoms with E-state index < -0.39 is 18.4 Å². The van der Waals surface area contributed by atoms with Crippen LogP contribution in [0.5, 0.6) is 0 Å². The summed E-state index contributed by atoms with van der Waals surface area (Å²) >= 11 is 0. The van der Waals surface area contributed by atoms with E-state index in [1.165, 1.54) is 29.4 Å². The van der Waals surface area contributed by atoms with Gasteiger partial charge in [-0.15, -0.1) is 0 Å². The van der Waals surface area contributed by atoms with E-state index in [4.69, 9.17) is 0 Å². The summed E-state index contributed by atoms with van der Waals surface area (Å²) in [6, 6.07) is 4.30. The van der Waals surface area contributed by atoms with Gasteiger partial charge in [-0.1, -0.05) is 6.07 Å². The van der Waals surface area contributed by atoms with Crippen molar-refractivity contribution in [3.63, 3.8) is 0 Å². The smallest absolute Gasteiger partial charge is 0.308 e. The van der Waals surface area contributed by atoms with Crippen molar-refractivity contribution in [3.05, 3.63) is 47.5 Å². The molecule has 1 aromatic heterocycles. The Morgan fingerprint density at radius 3 is 2.83 bits per heavy atom. The molecule has 0 aliphatic carbocycles. The Morgan fingerprint density at radius 1 is 1.29 bits per heavy atom. The number of benzene rings is 1. The molecule has 0 N–H and O–H groups in total. The van der Waals surface area contributed by atoms with Crippen LogP contribution in [0.1, 0.15) is 28.8 Å². The summed E-state index contributed by atoms with van der Waals surface area (Å²) in [5.74, 6) is -0.825. The van der Waals surface area contributed by atoms with Crippen molar-refractivity contribution in [1.82, 2.24) is 9.78 Å². The second kappa shape index (κ2) is 6.26. The predicted octanol–water partition coefficient (Wildman–Crippen LogP) is 3.57. The van der Waals surface area contributed by atoms with Crippen molar-refractivity contribution < 1.29 is 22.4 Å². The van der Waals surface area contributed by atoms with Gasteiger partial charge in [0.25, 0.3) is 5.91 Å². The molecule has 0 atom stereocenters. The molecule has 0 saturated carbocycles. The first-order chi connectivity index (χ1) is 11.3. The average molecular weight is 341 g/mol. The Morgan fingerprint density at radius 2 is 2.08 bits per heavy atom. The van der Waals surface area contributed by atoms with E-state index in [0.717, 1.165) is 23.1 Å². The van der Waals surface area contributed by atoms with Crippen molar-refractivity contribution in [2.45, 2.75) is 32.0 Å². The maximum Gasteiger partial charge on any atom is 0.390 e. The molecule has 0 unspecified atom stereocenters. The third-order valence-corrected chi connectivity index (χ3v) is 3.92. The first kappa shape index (κ1) is 16.5. The Balaban J connectivity index is 1.79. The standard InChI is InChI=1S/C16H15F4N3O/c17-13-4-3-11-2-1-6-23(14(11)8-13)15(24)12-9-21-22(10-12)7-5-16(18,19)20/h3-4,8-10H,1-2,5-7H2. The van der Waals surface area contributed by atoms with Crippen LogP contribution >= 0.6 is 0 Å². The fraction of sp³-hybridized carbons (Fsp3) is 0.375. The number of aryl methyl sites for hydroxylation is 2. The summed E-state index contributed by atoms with van der Waals surface area (Å²) in [6.45, 7) is 0.0883. The summed E-state index contributed by atoms with van der Waals surface area (Å²) in [5.41, 5.74) is 1.57. The quantitative estimate of drug-likeness (QED) is 0.801. The number of fused-ring (bicyclic) bond motifs is 1. The van der Waals surface area contributed by atoms with Gasteiger partial charge >= 0.3 is 6.18 Å². The number of hydrogen-bond donors (Lipinski definition) is 0. The molecule has 1 aliphatic heterocycles. The van der Waals surface area contributed by atoms with Gasteiger partial charge in [-0.3, -0.25) is 9.48 Å². The first-order valence-corrected chi connectivity index (χ1v) is 7.53. The molecule has 1 aromatic carbocycles. The minimum atomic E-state index is -4.28. The van der Waals surface area contributed by atoms with Crippen LogP contribution in [0.3, 0.4) is 0 Å². The van der Waals surface area contributed by atoms with E-state index in [0.29, 0.717) is 12.2 Å². The number of carbonyl (C=O) groups is 1. The average Bonchev–Trinajstić information content (AvgIpc) is 3.00. The molecule has 0 radical (unpaired) electrons. The SMILES string of the molecule is O=C(c1cnn(CCC(F)(F)F)c1)N1CCCc2ccc(F)cc21. The Hall–Kier alpha value is -2.38. The molecule has 2 heterocycles. The third kappa shape index (κ3) is 3.58. The van der Waals surface area contributed by atoms with Gasteiger partial charge in [0.1, 0.15) is 5.82 Å². The van der Waals surface area contributed by atoms with Crippen LogP contribution in [0, 0.1) is 5.82 Å². The van der Waals surface area contributed by atoms with Crippen molar-refractivity contribution in [2.24, 2.45) is 0 Å². The second-order valence-electron chi connectivity index (χ2n) is 5.69. The zero-order chi connectivity index (χ0) is 17.3. The van der Waals surface area contributed by atoms with Crippen LogP contribution in [0.4, 0.5) is 23.2 Å². The monoisotopic (exact) mass is 341 g/mol. The highest BCUT2D eigenvalue weighted by atomic mass is 19.4. The zero-order valence-corrected chi connectivity index (χ0v) is 12.7. The molecule has 0 spiro atoms. The van der Waals surface area contributed by atoms with E-state index in [1.54, 1.807) is 6.07 Å². The van der Waals surface area contributed by atoms with E-state index >= 15 is 0 Å². The van der Waals surface area contributed by atoms with Gasteiger partial charge in [0.15, 0.2) is 0 Å². The molecule has 0 bridgehead atoms. The lowest BCUT2D eigenvalue weighted by molar-refractivity contribution is -0.137. The highest BCUT2D eigenvalue weighted by Crippen LogP contribution is 2.29. The highest BCUT2D eigenvalue weighted by Gasteiger charge is 2.28. The zero-order valence-electron chi connectivity index (χ0n) is 12.7. The van der Waals surface area contributed by atoms with Crippen LogP contribution in [-0.4, -0.2) is 28.4 Å². The molecule has 128 valence electrons. The molecule has 24 heavy (non-hydrogen) atoms. The second-order valence-corrected chi connectivity index (χ2v) is 5.69. The van der Waals surface area contributed by atoms with E-state index in [1.807, 2.05) is 0 Å². The van der Waals surface area contributed by atoms with Gasteiger partial charge in [0.05, 0.1) is 23.9 Å². The summed E-state index contributed by atoms with van der Waals surface area (Å²) < 4.78 is 51.3. The molecule has 8 heteroatoms. The lowest BCUT2D eigenvalue weighted by Crippen LogP contribution is -2.35. The number of nitrogens with zero attached hydrogens (tertiary/aromatic N) is 3. The van der Waals surface area contributed by atoms with Gasteiger partial charge in [-0.25, -0.2) is 4.39 Å². The fourth-order valence-corrected chi connectivity index (χ4v) is 2.75. The molecule has 0 fully saturated rings. The number of carbonyl (C=O) groups excluding carboxylic acids is 1. The highest BCUT2D eigenvalue weighted by molar-refractivity contribution is 6.06. The van der Waals surface area contributed by atoms with Crippen molar-refractivity contribution in [3.8, 4) is 0 Å². The molecular weight excluding hydrogens is 326 g/mol. The van der Waals surface area contributed by atoms with Crippen LogP contribution in [0.15, 0.2) is 30.6 Å². The number of halogens is 4. The topological polar surface area (TPSA) is 38.1 Å². The van der Waals surface area contributed by atoms with Gasteiger partial charge < -0.3 is 4.90 Å². The molecule has 3 rings (SSSR count). The molecule has 1 aliphatic rings. The maximum atomic E-state index is 13.5. The number of anilines is 1. The van der Waals surface area contributed by atoms with Crippen LogP contribution < -0.4 is 4.90 Å². The minimum absolute atomic E-state index is 0.189. The van der Waals surface area contributed by atoms with Crippen molar-refractivity contribution in [2.75, 3.05) is 11.4 Å². The summed E-state index contributed by atoms with van der Waals surface area (Å²) in [6.07, 6.45) is -1.26. The Labute approximate surface area is 135 Å². The van der Waals surface area contributed by atoms with E-state index in [9.17, 15) is 22.4 Å². The Kier molecular flexibility index (Phi) is 4.29. The molecule has 4 nitrogen and oxygen atoms in total. The normalized spacial score (nSPS) is 14.6. The van der Waals surface area contributed by atoms with Gasteiger partial charge in [-0.05, 0) is 30.5 Å². The van der Waals surface area contributed by atoms with Gasteiger partial charge in [0.2, 0.25) is 0 Å². The molecular formula is C16H15F4N3O. The molecule has 0 saturated heterocycles. The maximum absolute atomic E-state index is 13.5. The van der Waals surface area contributed by atoms with Crippen LogP contribution in [0.2, 0.25) is 0 Å². The third-order valence-electron chi connectivity index (χ3n) is 3.92. The van der Waals surface area contributed by atoms with E-state index in [-0.39, 0.29) is 18.0 Å². The van der Waals surface area contributed by atoms with E-state index in [2.05, 4.69) is 5.10 Å². The Bertz CT molecular complexity index is 754. The van der Waals surface area contributed by atoms with Gasteiger partial charge in [0, 0.05) is 19.3 Å². The van der Waals surface area contributed by atoms with Gasteiger partial charge in [-0.2, -0.15) is 18.3 Å².